The summed E-state index contributed by atoms with van der Waals surface area (Å²) in [5, 5.41) is 27.0. The highest BCUT2D eigenvalue weighted by atomic mass is 15.0. The van der Waals surface area contributed by atoms with Crippen LogP contribution < -0.4 is 0 Å². The molecule has 1 aromatic heterocycles. The number of rotatable bonds is 5. The minimum absolute atomic E-state index is 0.625. The molecule has 0 spiro atoms. The second kappa shape index (κ2) is 13.0. The average molecular weight is 698 g/mol. The van der Waals surface area contributed by atoms with Crippen molar-refractivity contribution in [2.45, 2.75) is 0 Å². The van der Waals surface area contributed by atoms with Crippen LogP contribution >= 0.6 is 0 Å². The number of nitriles is 2. The van der Waals surface area contributed by atoms with Gasteiger partial charge in [-0.2, -0.15) is 10.5 Å². The predicted octanol–water partition coefficient (Wildman–Crippen LogP) is 13.5. The van der Waals surface area contributed by atoms with E-state index in [4.69, 9.17) is 0 Å². The van der Waals surface area contributed by atoms with Crippen molar-refractivity contribution in [1.29, 1.82) is 10.5 Å². The highest BCUT2D eigenvalue weighted by molar-refractivity contribution is 6.21. The van der Waals surface area contributed by atoms with Crippen molar-refractivity contribution in [1.82, 2.24) is 4.57 Å². The number of fused-ring (bicyclic) bond motifs is 5. The molecule has 0 aliphatic heterocycles. The van der Waals surface area contributed by atoms with E-state index in [9.17, 15) is 10.5 Å². The summed E-state index contributed by atoms with van der Waals surface area (Å²) in [6.45, 7) is 0. The summed E-state index contributed by atoms with van der Waals surface area (Å²) in [5.41, 5.74) is 13.1. The lowest BCUT2D eigenvalue weighted by Crippen LogP contribution is -1.94. The fourth-order valence-corrected chi connectivity index (χ4v) is 8.39. The maximum absolute atomic E-state index is 10.4. The zero-order valence-corrected chi connectivity index (χ0v) is 29.7. The molecule has 0 saturated carbocycles. The van der Waals surface area contributed by atoms with Gasteiger partial charge in [0.15, 0.2) is 0 Å². The van der Waals surface area contributed by atoms with Gasteiger partial charge in [0.05, 0.1) is 34.3 Å². The Labute approximate surface area is 318 Å². The van der Waals surface area contributed by atoms with Crippen LogP contribution in [0.3, 0.4) is 0 Å². The van der Waals surface area contributed by atoms with Crippen molar-refractivity contribution in [3.8, 4) is 62.3 Å². The highest BCUT2D eigenvalue weighted by Crippen LogP contribution is 2.44. The zero-order valence-electron chi connectivity index (χ0n) is 29.7. The van der Waals surface area contributed by atoms with Gasteiger partial charge >= 0.3 is 0 Å². The SMILES string of the molecule is N#Cc1ccc2c(c1)c1ccccc1n2-c1ccc(-c2ccc(-c3cccc(-c4c5ccccc5c(-c5ccccc5)c5ccccc45)c3)cc2C#N)cc1. The summed E-state index contributed by atoms with van der Waals surface area (Å²) in [7, 11) is 0. The molecule has 1 heterocycles. The fourth-order valence-electron chi connectivity index (χ4n) is 8.39. The molecular weight excluding hydrogens is 667 g/mol. The van der Waals surface area contributed by atoms with Gasteiger partial charge in [-0.25, -0.2) is 0 Å². The minimum atomic E-state index is 0.625. The Morgan fingerprint density at radius 3 is 1.56 bits per heavy atom. The van der Waals surface area contributed by atoms with Crippen LogP contribution in [0.2, 0.25) is 0 Å². The van der Waals surface area contributed by atoms with E-state index < -0.39 is 0 Å². The lowest BCUT2D eigenvalue weighted by Gasteiger charge is -2.18. The van der Waals surface area contributed by atoms with Crippen LogP contribution in [0, 0.1) is 22.7 Å². The third-order valence-corrected chi connectivity index (χ3v) is 10.9. The maximum Gasteiger partial charge on any atom is 0.0998 e. The normalized spacial score (nSPS) is 11.2. The van der Waals surface area contributed by atoms with Crippen molar-refractivity contribution in [3.63, 3.8) is 0 Å². The zero-order chi connectivity index (χ0) is 36.9. The largest absolute Gasteiger partial charge is 0.309 e. The second-order valence-corrected chi connectivity index (χ2v) is 13.9. The van der Waals surface area contributed by atoms with E-state index in [1.807, 2.05) is 36.4 Å². The quantitative estimate of drug-likeness (QED) is 0.168. The van der Waals surface area contributed by atoms with Crippen molar-refractivity contribution in [3.05, 3.63) is 199 Å². The summed E-state index contributed by atoms with van der Waals surface area (Å²) < 4.78 is 2.23. The molecule has 9 aromatic carbocycles. The molecule has 254 valence electrons. The molecule has 0 N–H and O–H groups in total. The van der Waals surface area contributed by atoms with E-state index in [1.54, 1.807) is 0 Å². The summed E-state index contributed by atoms with van der Waals surface area (Å²) in [5.74, 6) is 0. The number of para-hydroxylation sites is 1. The van der Waals surface area contributed by atoms with Crippen molar-refractivity contribution >= 4 is 43.4 Å². The van der Waals surface area contributed by atoms with E-state index >= 15 is 0 Å². The van der Waals surface area contributed by atoms with Gasteiger partial charge in [0, 0.05) is 16.5 Å². The first-order valence-electron chi connectivity index (χ1n) is 18.4. The first kappa shape index (κ1) is 32.0. The Morgan fingerprint density at radius 2 is 0.891 bits per heavy atom. The lowest BCUT2D eigenvalue weighted by atomic mass is 9.85. The number of aromatic nitrogens is 1. The van der Waals surface area contributed by atoms with E-state index in [0.717, 1.165) is 55.3 Å². The summed E-state index contributed by atoms with van der Waals surface area (Å²) in [6.07, 6.45) is 0. The Kier molecular flexibility index (Phi) is 7.58. The Balaban J connectivity index is 1.04. The number of benzene rings is 9. The molecule has 10 rings (SSSR count). The third-order valence-electron chi connectivity index (χ3n) is 10.9. The van der Waals surface area contributed by atoms with E-state index in [2.05, 4.69) is 168 Å². The van der Waals surface area contributed by atoms with Gasteiger partial charge in [0.25, 0.3) is 0 Å². The molecule has 0 amide bonds. The van der Waals surface area contributed by atoms with Gasteiger partial charge in [-0.15, -0.1) is 0 Å². The smallest absolute Gasteiger partial charge is 0.0998 e. The van der Waals surface area contributed by atoms with Gasteiger partial charge < -0.3 is 4.57 Å². The minimum Gasteiger partial charge on any atom is -0.309 e. The molecule has 0 aliphatic carbocycles. The first-order valence-corrected chi connectivity index (χ1v) is 18.4. The van der Waals surface area contributed by atoms with E-state index in [-0.39, 0.29) is 0 Å². The monoisotopic (exact) mass is 697 g/mol. The highest BCUT2D eigenvalue weighted by Gasteiger charge is 2.18. The number of nitrogens with zero attached hydrogens (tertiary/aromatic N) is 3. The Hall–Kier alpha value is -7.72. The van der Waals surface area contributed by atoms with Gasteiger partial charge in [-0.1, -0.05) is 140 Å². The molecule has 0 radical (unpaired) electrons. The molecule has 0 bridgehead atoms. The first-order chi connectivity index (χ1) is 27.2. The molecule has 0 unspecified atom stereocenters. The Bertz CT molecular complexity index is 3150. The molecule has 0 aliphatic rings. The lowest BCUT2D eigenvalue weighted by molar-refractivity contribution is 1.18. The molecule has 0 fully saturated rings. The van der Waals surface area contributed by atoms with E-state index in [0.29, 0.717) is 11.1 Å². The van der Waals surface area contributed by atoms with Gasteiger partial charge in [-0.05, 0) is 115 Å². The predicted molar refractivity (Wildman–Crippen MR) is 227 cm³/mol. The van der Waals surface area contributed by atoms with Crippen molar-refractivity contribution < 1.29 is 0 Å². The third kappa shape index (κ3) is 5.27. The summed E-state index contributed by atoms with van der Waals surface area (Å²) in [4.78, 5) is 0. The van der Waals surface area contributed by atoms with Crippen LogP contribution in [0.1, 0.15) is 11.1 Å². The molecule has 3 heteroatoms. The summed E-state index contributed by atoms with van der Waals surface area (Å²) >= 11 is 0. The fraction of sp³-hybridized carbons (Fsp3) is 0. The molecule has 3 nitrogen and oxygen atoms in total. The topological polar surface area (TPSA) is 52.5 Å². The standard InChI is InChI=1S/C52H31N3/c53-32-34-21-28-50-48(29-34)43-15-8-9-20-49(43)55(50)41-25-22-35(23-26-41)42-27-24-38(31-40(42)33-54)37-13-10-14-39(30-37)52-46-18-6-4-16-44(46)51(36-11-2-1-3-12-36)45-17-5-7-19-47(45)52/h1-31H. The van der Waals surface area contributed by atoms with Crippen LogP contribution in [-0.2, 0) is 0 Å². The van der Waals surface area contributed by atoms with Crippen LogP contribution in [0.5, 0.6) is 0 Å². The molecule has 0 saturated heterocycles. The van der Waals surface area contributed by atoms with Crippen molar-refractivity contribution in [2.75, 3.05) is 0 Å². The maximum atomic E-state index is 10.4. The Morgan fingerprint density at radius 1 is 0.345 bits per heavy atom. The van der Waals surface area contributed by atoms with Gasteiger partial charge in [-0.3, -0.25) is 0 Å². The van der Waals surface area contributed by atoms with Crippen molar-refractivity contribution in [2.24, 2.45) is 0 Å². The second-order valence-electron chi connectivity index (χ2n) is 13.9. The van der Waals surface area contributed by atoms with E-state index in [1.165, 1.54) is 38.2 Å². The molecule has 0 atom stereocenters. The average Bonchev–Trinajstić information content (AvgIpc) is 3.59. The molecule has 55 heavy (non-hydrogen) atoms. The van der Waals surface area contributed by atoms with Crippen LogP contribution in [0.15, 0.2) is 188 Å². The molecular formula is C52H31N3. The van der Waals surface area contributed by atoms with Gasteiger partial charge in [0.1, 0.15) is 0 Å². The summed E-state index contributed by atoms with van der Waals surface area (Å²) in [6, 6.07) is 70.3. The van der Waals surface area contributed by atoms with Crippen LogP contribution in [0.25, 0.3) is 93.5 Å². The number of hydrogen-bond donors (Lipinski definition) is 0. The number of hydrogen-bond acceptors (Lipinski definition) is 2. The van der Waals surface area contributed by atoms with Crippen LogP contribution in [0.4, 0.5) is 0 Å². The van der Waals surface area contributed by atoms with Crippen LogP contribution in [-0.4, -0.2) is 4.57 Å². The molecule has 10 aromatic rings. The van der Waals surface area contributed by atoms with Gasteiger partial charge in [0.2, 0.25) is 0 Å².